The van der Waals surface area contributed by atoms with Crippen LogP contribution in [0.2, 0.25) is 0 Å². The molecule has 1 heterocycles. The van der Waals surface area contributed by atoms with Gasteiger partial charge in [0.1, 0.15) is 5.75 Å². The molecule has 20 heavy (non-hydrogen) atoms. The van der Waals surface area contributed by atoms with Gasteiger partial charge >= 0.3 is 0 Å². The molecule has 0 aliphatic rings. The van der Waals surface area contributed by atoms with Crippen molar-refractivity contribution in [2.75, 3.05) is 13.2 Å². The number of ether oxygens (including phenoxy) is 1. The van der Waals surface area contributed by atoms with Crippen LogP contribution in [0.15, 0.2) is 36.4 Å². The van der Waals surface area contributed by atoms with E-state index in [2.05, 4.69) is 23.4 Å². The first-order chi connectivity index (χ1) is 9.79. The lowest BCUT2D eigenvalue weighted by Crippen LogP contribution is -2.18. The number of rotatable bonds is 8. The molecule has 0 atom stereocenters. The maximum atomic E-state index is 5.65. The van der Waals surface area contributed by atoms with Gasteiger partial charge in [0.25, 0.3) is 0 Å². The first kappa shape index (κ1) is 14.6. The van der Waals surface area contributed by atoms with E-state index in [1.165, 1.54) is 5.69 Å². The fraction of sp³-hybridized carbons (Fsp3) is 0.438. The highest BCUT2D eigenvalue weighted by Gasteiger charge is 2.02. The molecule has 4 nitrogen and oxygen atoms in total. The summed E-state index contributed by atoms with van der Waals surface area (Å²) in [5.74, 6) is 0.937. The largest absolute Gasteiger partial charge is 0.494 e. The molecular weight excluding hydrogens is 250 g/mol. The van der Waals surface area contributed by atoms with Gasteiger partial charge in [0.15, 0.2) is 0 Å². The Morgan fingerprint density at radius 2 is 2.05 bits per heavy atom. The lowest BCUT2D eigenvalue weighted by molar-refractivity contribution is 0.308. The van der Waals surface area contributed by atoms with E-state index in [1.54, 1.807) is 0 Å². The smallest absolute Gasteiger partial charge is 0.119 e. The number of benzene rings is 1. The highest BCUT2D eigenvalue weighted by atomic mass is 16.5. The summed E-state index contributed by atoms with van der Waals surface area (Å²) in [6, 6.07) is 12.1. The molecular formula is C16H23N3O. The standard InChI is InChI=1S/C16H23N3O/c1-3-14-12-15(19(2)18-14)13-17-10-7-11-20-16-8-5-4-6-9-16/h4-6,8-9,12,17H,3,7,10-11,13H2,1-2H3. The molecule has 108 valence electrons. The van der Waals surface area contributed by atoms with Crippen molar-refractivity contribution in [3.8, 4) is 5.75 Å². The van der Waals surface area contributed by atoms with Gasteiger partial charge in [-0.15, -0.1) is 0 Å². The van der Waals surface area contributed by atoms with Crippen LogP contribution in [-0.4, -0.2) is 22.9 Å². The monoisotopic (exact) mass is 273 g/mol. The molecule has 0 aliphatic carbocycles. The van der Waals surface area contributed by atoms with Gasteiger partial charge in [0.05, 0.1) is 18.0 Å². The predicted molar refractivity (Wildman–Crippen MR) is 80.8 cm³/mol. The Bertz CT molecular complexity index is 508. The van der Waals surface area contributed by atoms with Gasteiger partial charge in [-0.05, 0) is 37.6 Å². The van der Waals surface area contributed by atoms with Crippen LogP contribution >= 0.6 is 0 Å². The third-order valence-corrected chi connectivity index (χ3v) is 3.21. The summed E-state index contributed by atoms with van der Waals surface area (Å²) in [6.45, 7) is 4.66. The van der Waals surface area contributed by atoms with Gasteiger partial charge in [-0.1, -0.05) is 25.1 Å². The summed E-state index contributed by atoms with van der Waals surface area (Å²) < 4.78 is 7.60. The summed E-state index contributed by atoms with van der Waals surface area (Å²) in [5, 5.41) is 7.86. The summed E-state index contributed by atoms with van der Waals surface area (Å²) in [5.41, 5.74) is 2.38. The van der Waals surface area contributed by atoms with Crippen LogP contribution in [0.3, 0.4) is 0 Å². The van der Waals surface area contributed by atoms with E-state index in [4.69, 9.17) is 4.74 Å². The Balaban J connectivity index is 1.61. The molecule has 2 rings (SSSR count). The number of aromatic nitrogens is 2. The van der Waals surface area contributed by atoms with E-state index in [1.807, 2.05) is 42.1 Å². The van der Waals surface area contributed by atoms with Crippen molar-refractivity contribution < 1.29 is 4.74 Å². The molecule has 0 bridgehead atoms. The summed E-state index contributed by atoms with van der Waals surface area (Å²) >= 11 is 0. The van der Waals surface area contributed by atoms with E-state index in [0.717, 1.165) is 44.0 Å². The zero-order chi connectivity index (χ0) is 14.2. The summed E-state index contributed by atoms with van der Waals surface area (Å²) in [4.78, 5) is 0. The van der Waals surface area contributed by atoms with Crippen molar-refractivity contribution in [2.45, 2.75) is 26.3 Å². The number of hydrogen-bond acceptors (Lipinski definition) is 3. The number of aryl methyl sites for hydroxylation is 2. The quantitative estimate of drug-likeness (QED) is 0.751. The van der Waals surface area contributed by atoms with Gasteiger partial charge in [-0.25, -0.2) is 0 Å². The second-order valence-electron chi connectivity index (χ2n) is 4.80. The number of nitrogens with zero attached hydrogens (tertiary/aromatic N) is 2. The molecule has 2 aromatic rings. The Morgan fingerprint density at radius 1 is 1.25 bits per heavy atom. The van der Waals surface area contributed by atoms with Gasteiger partial charge in [-0.3, -0.25) is 4.68 Å². The SMILES string of the molecule is CCc1cc(CNCCCOc2ccccc2)n(C)n1. The molecule has 0 amide bonds. The molecule has 1 N–H and O–H groups in total. The molecule has 0 saturated heterocycles. The minimum Gasteiger partial charge on any atom is -0.494 e. The Labute approximate surface area is 120 Å². The van der Waals surface area contributed by atoms with Crippen LogP contribution in [0, 0.1) is 0 Å². The second kappa shape index (κ2) is 7.70. The normalized spacial score (nSPS) is 10.7. The molecule has 0 saturated carbocycles. The average molecular weight is 273 g/mol. The van der Waals surface area contributed by atoms with E-state index in [-0.39, 0.29) is 0 Å². The Hall–Kier alpha value is -1.81. The second-order valence-corrected chi connectivity index (χ2v) is 4.80. The first-order valence-corrected chi connectivity index (χ1v) is 7.20. The fourth-order valence-electron chi connectivity index (χ4n) is 2.03. The Kier molecular flexibility index (Phi) is 5.62. The summed E-state index contributed by atoms with van der Waals surface area (Å²) in [6.07, 6.45) is 1.98. The lowest BCUT2D eigenvalue weighted by atomic mass is 10.3. The highest BCUT2D eigenvalue weighted by Crippen LogP contribution is 2.08. The van der Waals surface area contributed by atoms with Gasteiger partial charge in [-0.2, -0.15) is 5.10 Å². The van der Waals surface area contributed by atoms with Crippen molar-refractivity contribution >= 4 is 0 Å². The first-order valence-electron chi connectivity index (χ1n) is 7.20. The van der Waals surface area contributed by atoms with Crippen molar-refractivity contribution in [3.63, 3.8) is 0 Å². The molecule has 0 fully saturated rings. The third-order valence-electron chi connectivity index (χ3n) is 3.21. The van der Waals surface area contributed by atoms with Crippen LogP contribution in [0.25, 0.3) is 0 Å². The van der Waals surface area contributed by atoms with Crippen LogP contribution in [-0.2, 0) is 20.0 Å². The minimum atomic E-state index is 0.739. The number of hydrogen-bond donors (Lipinski definition) is 1. The van der Waals surface area contributed by atoms with Crippen LogP contribution in [0.4, 0.5) is 0 Å². The molecule has 0 aliphatic heterocycles. The molecule has 0 spiro atoms. The van der Waals surface area contributed by atoms with Crippen LogP contribution in [0.5, 0.6) is 5.75 Å². The van der Waals surface area contributed by atoms with Gasteiger partial charge < -0.3 is 10.1 Å². The van der Waals surface area contributed by atoms with E-state index in [9.17, 15) is 0 Å². The zero-order valence-corrected chi connectivity index (χ0v) is 12.3. The zero-order valence-electron chi connectivity index (χ0n) is 12.3. The molecule has 4 heteroatoms. The fourth-order valence-corrected chi connectivity index (χ4v) is 2.03. The van der Waals surface area contributed by atoms with E-state index in [0.29, 0.717) is 0 Å². The van der Waals surface area contributed by atoms with Crippen LogP contribution in [0.1, 0.15) is 24.7 Å². The topological polar surface area (TPSA) is 39.1 Å². The van der Waals surface area contributed by atoms with E-state index < -0.39 is 0 Å². The number of para-hydroxylation sites is 1. The lowest BCUT2D eigenvalue weighted by Gasteiger charge is -2.07. The minimum absolute atomic E-state index is 0.739. The Morgan fingerprint density at radius 3 is 2.75 bits per heavy atom. The van der Waals surface area contributed by atoms with Crippen molar-refractivity contribution in [1.82, 2.24) is 15.1 Å². The van der Waals surface area contributed by atoms with E-state index >= 15 is 0 Å². The van der Waals surface area contributed by atoms with Gasteiger partial charge in [0.2, 0.25) is 0 Å². The highest BCUT2D eigenvalue weighted by molar-refractivity contribution is 5.20. The maximum Gasteiger partial charge on any atom is 0.119 e. The molecule has 1 aromatic heterocycles. The maximum absolute atomic E-state index is 5.65. The van der Waals surface area contributed by atoms with Crippen molar-refractivity contribution in [3.05, 3.63) is 47.8 Å². The molecule has 0 unspecified atom stereocenters. The number of nitrogens with one attached hydrogen (secondary N) is 1. The van der Waals surface area contributed by atoms with Crippen LogP contribution < -0.4 is 10.1 Å². The van der Waals surface area contributed by atoms with Gasteiger partial charge in [0, 0.05) is 13.6 Å². The summed E-state index contributed by atoms with van der Waals surface area (Å²) in [7, 11) is 1.99. The average Bonchev–Trinajstić information content (AvgIpc) is 2.84. The molecule has 1 aromatic carbocycles. The molecule has 0 radical (unpaired) electrons. The van der Waals surface area contributed by atoms with Crippen molar-refractivity contribution in [2.24, 2.45) is 7.05 Å². The third kappa shape index (κ3) is 4.38. The van der Waals surface area contributed by atoms with Crippen molar-refractivity contribution in [1.29, 1.82) is 0 Å². The predicted octanol–water partition coefficient (Wildman–Crippen LogP) is 2.54.